The Labute approximate surface area is 121 Å². The molecule has 1 aromatic carbocycles. The number of hydrogen-bond donors (Lipinski definition) is 1. The summed E-state index contributed by atoms with van der Waals surface area (Å²) in [6.45, 7) is 2.02. The second kappa shape index (κ2) is 6.31. The normalized spacial score (nSPS) is 10.1. The average molecular weight is 291 g/mol. The van der Waals surface area contributed by atoms with Gasteiger partial charge in [0.15, 0.2) is 0 Å². The van der Waals surface area contributed by atoms with Crippen LogP contribution >= 0.6 is 11.6 Å². The van der Waals surface area contributed by atoms with Gasteiger partial charge in [0.25, 0.3) is 0 Å². The lowest BCUT2D eigenvalue weighted by molar-refractivity contribution is 0.627. The number of halogens is 2. The van der Waals surface area contributed by atoms with Crippen molar-refractivity contribution >= 4 is 23.1 Å². The summed E-state index contributed by atoms with van der Waals surface area (Å²) in [6, 6.07) is 5.90. The van der Waals surface area contributed by atoms with Crippen LogP contribution in [0.15, 0.2) is 24.5 Å². The molecule has 4 nitrogen and oxygen atoms in total. The van der Waals surface area contributed by atoms with E-state index in [-0.39, 0.29) is 5.56 Å². The second-order valence-corrected chi connectivity index (χ2v) is 4.53. The summed E-state index contributed by atoms with van der Waals surface area (Å²) < 4.78 is 13.1. The number of benzene rings is 1. The molecule has 0 aliphatic rings. The van der Waals surface area contributed by atoms with Crippen molar-refractivity contribution in [1.29, 1.82) is 5.26 Å². The molecule has 0 aliphatic heterocycles. The molecule has 0 atom stereocenters. The number of aromatic nitrogens is 2. The van der Waals surface area contributed by atoms with E-state index in [2.05, 4.69) is 15.3 Å². The molecule has 0 aliphatic carbocycles. The molecular weight excluding hydrogens is 279 g/mol. The maximum Gasteiger partial charge on any atom is 0.138 e. The summed E-state index contributed by atoms with van der Waals surface area (Å²) in [7, 11) is 0. The Bertz CT molecular complexity index is 667. The van der Waals surface area contributed by atoms with E-state index in [0.29, 0.717) is 23.1 Å². The molecular formula is C14H12ClFN4. The van der Waals surface area contributed by atoms with Crippen molar-refractivity contribution < 1.29 is 4.39 Å². The fourth-order valence-electron chi connectivity index (χ4n) is 1.82. The number of nitriles is 1. The zero-order valence-electron chi connectivity index (χ0n) is 10.8. The van der Waals surface area contributed by atoms with Gasteiger partial charge in [-0.15, -0.1) is 0 Å². The van der Waals surface area contributed by atoms with E-state index in [9.17, 15) is 4.39 Å². The van der Waals surface area contributed by atoms with Gasteiger partial charge in [-0.25, -0.2) is 14.4 Å². The van der Waals surface area contributed by atoms with Crippen LogP contribution in [0.4, 0.5) is 15.9 Å². The summed E-state index contributed by atoms with van der Waals surface area (Å²) in [5.41, 5.74) is 1.48. The first-order valence-electron chi connectivity index (χ1n) is 6.11. The zero-order chi connectivity index (χ0) is 14.5. The van der Waals surface area contributed by atoms with Gasteiger partial charge in [-0.1, -0.05) is 24.9 Å². The number of anilines is 2. The van der Waals surface area contributed by atoms with Gasteiger partial charge in [0, 0.05) is 5.56 Å². The molecule has 1 heterocycles. The highest BCUT2D eigenvalue weighted by molar-refractivity contribution is 6.30. The molecule has 2 aromatic rings. The van der Waals surface area contributed by atoms with Crippen molar-refractivity contribution in [2.45, 2.75) is 19.8 Å². The lowest BCUT2D eigenvalue weighted by atomic mass is 10.1. The molecule has 20 heavy (non-hydrogen) atoms. The number of nitrogens with one attached hydrogen (secondary N) is 1. The van der Waals surface area contributed by atoms with Gasteiger partial charge in [0.1, 0.15) is 29.2 Å². The summed E-state index contributed by atoms with van der Waals surface area (Å²) in [5, 5.41) is 12.4. The molecule has 1 aromatic heterocycles. The van der Waals surface area contributed by atoms with Crippen molar-refractivity contribution in [3.05, 3.63) is 46.6 Å². The Morgan fingerprint density at radius 3 is 2.90 bits per heavy atom. The Hall–Kier alpha value is -2.19. The fraction of sp³-hybridized carbons (Fsp3) is 0.214. The zero-order valence-corrected chi connectivity index (χ0v) is 11.6. The van der Waals surface area contributed by atoms with Gasteiger partial charge < -0.3 is 5.32 Å². The third-order valence-electron chi connectivity index (χ3n) is 2.75. The van der Waals surface area contributed by atoms with Gasteiger partial charge in [-0.3, -0.25) is 0 Å². The van der Waals surface area contributed by atoms with E-state index >= 15 is 0 Å². The van der Waals surface area contributed by atoms with Crippen LogP contribution in [-0.2, 0) is 6.42 Å². The third kappa shape index (κ3) is 3.03. The van der Waals surface area contributed by atoms with Crippen LogP contribution in [0.25, 0.3) is 0 Å². The summed E-state index contributed by atoms with van der Waals surface area (Å²) in [6.07, 6.45) is 2.95. The van der Waals surface area contributed by atoms with Crippen molar-refractivity contribution in [2.24, 2.45) is 0 Å². The van der Waals surface area contributed by atoms with E-state index in [1.54, 1.807) is 0 Å². The minimum Gasteiger partial charge on any atom is -0.339 e. The SMILES string of the molecule is CCCc1c(Cl)ncnc1Nc1ccc(F)cc1C#N. The maximum absolute atomic E-state index is 13.1. The molecule has 2 rings (SSSR count). The maximum atomic E-state index is 13.1. The minimum atomic E-state index is -0.457. The van der Waals surface area contributed by atoms with E-state index in [4.69, 9.17) is 16.9 Å². The van der Waals surface area contributed by atoms with E-state index in [1.165, 1.54) is 24.5 Å². The molecule has 0 bridgehead atoms. The van der Waals surface area contributed by atoms with Crippen LogP contribution in [0, 0.1) is 17.1 Å². The van der Waals surface area contributed by atoms with Crippen LogP contribution in [0.3, 0.4) is 0 Å². The summed E-state index contributed by atoms with van der Waals surface area (Å²) >= 11 is 6.06. The van der Waals surface area contributed by atoms with E-state index in [1.807, 2.05) is 13.0 Å². The van der Waals surface area contributed by atoms with Crippen LogP contribution < -0.4 is 5.32 Å². The molecule has 1 N–H and O–H groups in total. The van der Waals surface area contributed by atoms with Gasteiger partial charge in [-0.05, 0) is 24.6 Å². The average Bonchev–Trinajstić information content (AvgIpc) is 2.44. The minimum absolute atomic E-state index is 0.210. The van der Waals surface area contributed by atoms with Crippen molar-refractivity contribution in [2.75, 3.05) is 5.32 Å². The quantitative estimate of drug-likeness (QED) is 0.869. The van der Waals surface area contributed by atoms with Gasteiger partial charge in [-0.2, -0.15) is 5.26 Å². The largest absolute Gasteiger partial charge is 0.339 e. The molecule has 0 amide bonds. The van der Waals surface area contributed by atoms with Crippen LogP contribution in [0.1, 0.15) is 24.5 Å². The molecule has 0 unspecified atom stereocenters. The first-order valence-corrected chi connectivity index (χ1v) is 6.49. The van der Waals surface area contributed by atoms with Crippen molar-refractivity contribution in [1.82, 2.24) is 9.97 Å². The molecule has 0 radical (unpaired) electrons. The molecule has 0 saturated heterocycles. The van der Waals surface area contributed by atoms with Gasteiger partial charge >= 0.3 is 0 Å². The standard InChI is InChI=1S/C14H12ClFN4/c1-2-3-11-13(15)18-8-19-14(11)20-12-5-4-10(16)6-9(12)7-17/h4-6,8H,2-3H2,1H3,(H,18,19,20). The number of nitrogens with zero attached hydrogens (tertiary/aromatic N) is 3. The van der Waals surface area contributed by atoms with Gasteiger partial charge in [0.05, 0.1) is 11.3 Å². The number of rotatable bonds is 4. The Kier molecular flexibility index (Phi) is 4.49. The Balaban J connectivity index is 2.40. The smallest absolute Gasteiger partial charge is 0.138 e. The van der Waals surface area contributed by atoms with Crippen LogP contribution in [0.5, 0.6) is 0 Å². The first kappa shape index (κ1) is 14.2. The predicted octanol–water partition coefficient (Wildman–Crippen LogP) is 3.84. The highest BCUT2D eigenvalue weighted by atomic mass is 35.5. The van der Waals surface area contributed by atoms with Gasteiger partial charge in [0.2, 0.25) is 0 Å². The first-order chi connectivity index (χ1) is 9.65. The van der Waals surface area contributed by atoms with Crippen molar-refractivity contribution in [3.8, 4) is 6.07 Å². The highest BCUT2D eigenvalue weighted by Crippen LogP contribution is 2.26. The van der Waals surface area contributed by atoms with Crippen LogP contribution in [0.2, 0.25) is 5.15 Å². The second-order valence-electron chi connectivity index (χ2n) is 4.17. The summed E-state index contributed by atoms with van der Waals surface area (Å²) in [5.74, 6) is 0.0801. The predicted molar refractivity (Wildman–Crippen MR) is 75.4 cm³/mol. The topological polar surface area (TPSA) is 61.6 Å². The molecule has 0 spiro atoms. The molecule has 102 valence electrons. The summed E-state index contributed by atoms with van der Waals surface area (Å²) in [4.78, 5) is 8.09. The Morgan fingerprint density at radius 2 is 2.20 bits per heavy atom. The number of hydrogen-bond acceptors (Lipinski definition) is 4. The molecule has 0 fully saturated rings. The Morgan fingerprint density at radius 1 is 1.40 bits per heavy atom. The molecule has 0 saturated carbocycles. The van der Waals surface area contributed by atoms with E-state index < -0.39 is 5.82 Å². The lowest BCUT2D eigenvalue weighted by Crippen LogP contribution is -2.03. The molecule has 6 heteroatoms. The van der Waals surface area contributed by atoms with Crippen molar-refractivity contribution in [3.63, 3.8) is 0 Å². The monoisotopic (exact) mass is 290 g/mol. The fourth-order valence-corrected chi connectivity index (χ4v) is 2.04. The third-order valence-corrected chi connectivity index (χ3v) is 3.07. The highest BCUT2D eigenvalue weighted by Gasteiger charge is 2.11. The van der Waals surface area contributed by atoms with E-state index in [0.717, 1.165) is 12.0 Å². The van der Waals surface area contributed by atoms with Crippen LogP contribution in [-0.4, -0.2) is 9.97 Å². The lowest BCUT2D eigenvalue weighted by Gasteiger charge is -2.12.